The first-order valence-corrected chi connectivity index (χ1v) is 7.76. The minimum Gasteiger partial charge on any atom is -0.479 e. The summed E-state index contributed by atoms with van der Waals surface area (Å²) >= 11 is 6.26. The molecule has 2 rings (SSSR count). The van der Waals surface area contributed by atoms with Gasteiger partial charge < -0.3 is 15.0 Å². The van der Waals surface area contributed by atoms with Gasteiger partial charge in [0.2, 0.25) is 0 Å². The number of nitrogens with zero attached hydrogens (tertiary/aromatic N) is 1. The summed E-state index contributed by atoms with van der Waals surface area (Å²) in [6, 6.07) is 5.73. The first kappa shape index (κ1) is 16.1. The van der Waals surface area contributed by atoms with E-state index in [9.17, 15) is 4.79 Å². The van der Waals surface area contributed by atoms with Crippen molar-refractivity contribution in [2.45, 2.75) is 32.9 Å². The van der Waals surface area contributed by atoms with Crippen LogP contribution in [-0.4, -0.2) is 37.0 Å². The highest BCUT2D eigenvalue weighted by Crippen LogP contribution is 2.28. The van der Waals surface area contributed by atoms with Gasteiger partial charge in [0.1, 0.15) is 5.75 Å². The lowest BCUT2D eigenvalue weighted by atomic mass is 10.2. The first-order chi connectivity index (χ1) is 9.97. The average molecular weight is 311 g/mol. The highest BCUT2D eigenvalue weighted by atomic mass is 35.5. The summed E-state index contributed by atoms with van der Waals surface area (Å²) in [6.45, 7) is 6.83. The zero-order valence-corrected chi connectivity index (χ0v) is 13.6. The summed E-state index contributed by atoms with van der Waals surface area (Å²) in [5.74, 6) is 1.22. The van der Waals surface area contributed by atoms with Gasteiger partial charge in [-0.2, -0.15) is 0 Å². The van der Waals surface area contributed by atoms with E-state index in [-0.39, 0.29) is 5.91 Å². The smallest absolute Gasteiger partial charge is 0.263 e. The summed E-state index contributed by atoms with van der Waals surface area (Å²) in [5, 5.41) is 3.93. The van der Waals surface area contributed by atoms with Crippen molar-refractivity contribution in [3.8, 4) is 5.75 Å². The lowest BCUT2D eigenvalue weighted by molar-refractivity contribution is -0.132. The zero-order chi connectivity index (χ0) is 15.4. The van der Waals surface area contributed by atoms with Crippen LogP contribution < -0.4 is 10.1 Å². The average Bonchev–Trinajstić information content (AvgIpc) is 2.73. The highest BCUT2D eigenvalue weighted by molar-refractivity contribution is 6.32. The van der Waals surface area contributed by atoms with Crippen molar-refractivity contribution in [1.29, 1.82) is 0 Å². The Bertz CT molecular complexity index is 505. The van der Waals surface area contributed by atoms with Crippen molar-refractivity contribution >= 4 is 17.5 Å². The predicted octanol–water partition coefficient (Wildman–Crippen LogP) is 2.70. The van der Waals surface area contributed by atoms with E-state index in [1.807, 2.05) is 18.2 Å². The number of ether oxygens (including phenoxy) is 1. The molecule has 1 N–H and O–H groups in total. The molecule has 0 aromatic heterocycles. The van der Waals surface area contributed by atoms with Crippen molar-refractivity contribution in [2.75, 3.05) is 20.1 Å². The van der Waals surface area contributed by atoms with Gasteiger partial charge in [0.15, 0.2) is 6.10 Å². The Morgan fingerprint density at radius 3 is 2.81 bits per heavy atom. The molecule has 0 bridgehead atoms. The fourth-order valence-corrected chi connectivity index (χ4v) is 2.56. The van der Waals surface area contributed by atoms with Crippen LogP contribution in [0.3, 0.4) is 0 Å². The van der Waals surface area contributed by atoms with E-state index in [2.05, 4.69) is 19.2 Å². The van der Waals surface area contributed by atoms with Crippen LogP contribution >= 0.6 is 11.6 Å². The number of benzene rings is 1. The summed E-state index contributed by atoms with van der Waals surface area (Å²) < 4.78 is 5.74. The van der Waals surface area contributed by atoms with Crippen molar-refractivity contribution in [3.05, 3.63) is 28.8 Å². The minimum atomic E-state index is -0.405. The SMILES string of the molecule is CC(C)CNCc1ccc(OC2CCN(C)C2=O)c(Cl)c1. The molecule has 1 aromatic carbocycles. The second kappa shape index (κ2) is 7.14. The molecule has 1 aromatic rings. The molecule has 0 spiro atoms. The van der Waals surface area contributed by atoms with E-state index in [4.69, 9.17) is 16.3 Å². The molecule has 1 amide bonds. The molecule has 0 aliphatic carbocycles. The number of carbonyl (C=O) groups is 1. The third kappa shape index (κ3) is 4.35. The predicted molar refractivity (Wildman–Crippen MR) is 84.7 cm³/mol. The van der Waals surface area contributed by atoms with Crippen LogP contribution in [-0.2, 0) is 11.3 Å². The molecule has 1 saturated heterocycles. The van der Waals surface area contributed by atoms with Crippen molar-refractivity contribution in [1.82, 2.24) is 10.2 Å². The lowest BCUT2D eigenvalue weighted by Gasteiger charge is -2.15. The number of likely N-dealkylation sites (tertiary alicyclic amines) is 1. The fraction of sp³-hybridized carbons (Fsp3) is 0.562. The van der Waals surface area contributed by atoms with Crippen LogP contribution in [0.2, 0.25) is 5.02 Å². The van der Waals surface area contributed by atoms with Gasteiger partial charge in [-0.15, -0.1) is 0 Å². The van der Waals surface area contributed by atoms with E-state index >= 15 is 0 Å². The monoisotopic (exact) mass is 310 g/mol. The molecule has 0 radical (unpaired) electrons. The van der Waals surface area contributed by atoms with E-state index in [0.717, 1.165) is 25.2 Å². The number of rotatable bonds is 6. The third-order valence-electron chi connectivity index (χ3n) is 3.53. The van der Waals surface area contributed by atoms with Crippen LogP contribution in [0.5, 0.6) is 5.75 Å². The Labute approximate surface area is 131 Å². The quantitative estimate of drug-likeness (QED) is 0.878. The maximum absolute atomic E-state index is 11.8. The molecule has 1 atom stereocenters. The fourth-order valence-electron chi connectivity index (χ4n) is 2.31. The number of carbonyl (C=O) groups excluding carboxylic acids is 1. The number of likely N-dealkylation sites (N-methyl/N-ethyl adjacent to an activating group) is 1. The summed E-state index contributed by atoms with van der Waals surface area (Å²) in [7, 11) is 1.79. The van der Waals surface area contributed by atoms with Gasteiger partial charge in [-0.25, -0.2) is 0 Å². The van der Waals surface area contributed by atoms with Gasteiger partial charge in [0.25, 0.3) is 5.91 Å². The minimum absolute atomic E-state index is 0.0220. The van der Waals surface area contributed by atoms with Crippen LogP contribution in [0.25, 0.3) is 0 Å². The lowest BCUT2D eigenvalue weighted by Crippen LogP contribution is -2.29. The van der Waals surface area contributed by atoms with Gasteiger partial charge in [0.05, 0.1) is 5.02 Å². The second-order valence-corrected chi connectivity index (χ2v) is 6.35. The van der Waals surface area contributed by atoms with Crippen LogP contribution in [0, 0.1) is 5.92 Å². The van der Waals surface area contributed by atoms with E-state index in [1.165, 1.54) is 0 Å². The standard InChI is InChI=1S/C16H23ClN2O2/c1-11(2)9-18-10-12-4-5-14(13(17)8-12)21-15-6-7-19(3)16(15)20/h4-5,8,11,15,18H,6-7,9-10H2,1-3H3. The first-order valence-electron chi connectivity index (χ1n) is 7.38. The molecule has 116 valence electrons. The number of hydrogen-bond acceptors (Lipinski definition) is 3. The van der Waals surface area contributed by atoms with E-state index < -0.39 is 6.10 Å². The number of nitrogens with one attached hydrogen (secondary N) is 1. The van der Waals surface area contributed by atoms with E-state index in [0.29, 0.717) is 23.1 Å². The van der Waals surface area contributed by atoms with Gasteiger partial charge in [0, 0.05) is 26.6 Å². The molecule has 5 heteroatoms. The zero-order valence-electron chi connectivity index (χ0n) is 12.9. The second-order valence-electron chi connectivity index (χ2n) is 5.94. The maximum Gasteiger partial charge on any atom is 0.263 e. The van der Waals surface area contributed by atoms with Crippen LogP contribution in [0.4, 0.5) is 0 Å². The largest absolute Gasteiger partial charge is 0.479 e. The topological polar surface area (TPSA) is 41.6 Å². The molecule has 1 heterocycles. The van der Waals surface area contributed by atoms with Gasteiger partial charge in [-0.1, -0.05) is 31.5 Å². The Kier molecular flexibility index (Phi) is 5.48. The van der Waals surface area contributed by atoms with Crippen LogP contribution in [0.1, 0.15) is 25.8 Å². The number of hydrogen-bond donors (Lipinski definition) is 1. The highest BCUT2D eigenvalue weighted by Gasteiger charge is 2.31. The van der Waals surface area contributed by atoms with Crippen molar-refractivity contribution < 1.29 is 9.53 Å². The molecule has 4 nitrogen and oxygen atoms in total. The van der Waals surface area contributed by atoms with Crippen molar-refractivity contribution in [2.24, 2.45) is 5.92 Å². The molecule has 1 fully saturated rings. The molecular weight excluding hydrogens is 288 g/mol. The number of halogens is 1. The Balaban J connectivity index is 1.94. The van der Waals surface area contributed by atoms with Gasteiger partial charge >= 0.3 is 0 Å². The molecule has 21 heavy (non-hydrogen) atoms. The Morgan fingerprint density at radius 1 is 1.48 bits per heavy atom. The number of amides is 1. The summed E-state index contributed by atoms with van der Waals surface area (Å²) in [4.78, 5) is 13.5. The van der Waals surface area contributed by atoms with E-state index in [1.54, 1.807) is 11.9 Å². The van der Waals surface area contributed by atoms with Gasteiger partial charge in [-0.05, 0) is 30.2 Å². The Morgan fingerprint density at radius 2 is 2.24 bits per heavy atom. The van der Waals surface area contributed by atoms with Gasteiger partial charge in [-0.3, -0.25) is 4.79 Å². The molecule has 0 saturated carbocycles. The van der Waals surface area contributed by atoms with Crippen molar-refractivity contribution in [3.63, 3.8) is 0 Å². The maximum atomic E-state index is 11.8. The normalized spacial score (nSPS) is 18.6. The molecule has 1 aliphatic rings. The summed E-state index contributed by atoms with van der Waals surface area (Å²) in [5.41, 5.74) is 1.11. The molecule has 1 unspecified atom stereocenters. The third-order valence-corrected chi connectivity index (χ3v) is 3.82. The molecule has 1 aliphatic heterocycles. The van der Waals surface area contributed by atoms with Crippen LogP contribution in [0.15, 0.2) is 18.2 Å². The Hall–Kier alpha value is -1.26. The summed E-state index contributed by atoms with van der Waals surface area (Å²) in [6.07, 6.45) is 0.306. The molecular formula is C16H23ClN2O2.